The van der Waals surface area contributed by atoms with Gasteiger partial charge in [0, 0.05) is 28.1 Å². The quantitative estimate of drug-likeness (QED) is 0.794. The van der Waals surface area contributed by atoms with Crippen molar-refractivity contribution in [1.29, 1.82) is 0 Å². The Morgan fingerprint density at radius 3 is 2.42 bits per heavy atom. The molecule has 1 aromatic heterocycles. The van der Waals surface area contributed by atoms with Crippen molar-refractivity contribution in [2.45, 2.75) is 12.6 Å². The van der Waals surface area contributed by atoms with Crippen LogP contribution in [0.25, 0.3) is 0 Å². The highest BCUT2D eigenvalue weighted by Gasteiger charge is 2.34. The molecule has 0 aliphatic rings. The first-order chi connectivity index (χ1) is 8.86. The van der Waals surface area contributed by atoms with E-state index in [4.69, 9.17) is 11.6 Å². The average molecular weight is 306 g/mol. The minimum Gasteiger partial charge on any atom is -0.294 e. The molecule has 0 saturated carbocycles. The van der Waals surface area contributed by atoms with Crippen molar-refractivity contribution in [3.05, 3.63) is 50.9 Å². The predicted octanol–water partition coefficient (Wildman–Crippen LogP) is 4.24. The third-order valence-corrected chi connectivity index (χ3v) is 3.59. The lowest BCUT2D eigenvalue weighted by Crippen LogP contribution is -2.03. The first kappa shape index (κ1) is 14.0. The van der Waals surface area contributed by atoms with E-state index in [0.29, 0.717) is 21.9 Å². The minimum atomic E-state index is -4.47. The molecule has 1 aromatic carbocycles. The summed E-state index contributed by atoms with van der Waals surface area (Å²) < 4.78 is 37.1. The summed E-state index contributed by atoms with van der Waals surface area (Å²) in [7, 11) is 0. The van der Waals surface area contributed by atoms with Crippen LogP contribution in [-0.2, 0) is 12.6 Å². The van der Waals surface area contributed by atoms with E-state index in [2.05, 4.69) is 4.98 Å². The van der Waals surface area contributed by atoms with Crippen molar-refractivity contribution in [3.8, 4) is 0 Å². The van der Waals surface area contributed by atoms with Crippen molar-refractivity contribution in [2.75, 3.05) is 0 Å². The summed E-state index contributed by atoms with van der Waals surface area (Å²) in [5.41, 5.74) is 0.409. The Hall–Kier alpha value is -1.40. The lowest BCUT2D eigenvalue weighted by molar-refractivity contribution is -0.137. The zero-order valence-electron chi connectivity index (χ0n) is 9.37. The molecule has 2 rings (SSSR count). The number of hydrogen-bond acceptors (Lipinski definition) is 3. The normalized spacial score (nSPS) is 11.6. The highest BCUT2D eigenvalue weighted by atomic mass is 35.5. The molecule has 0 aliphatic carbocycles. The number of Topliss-reactive ketones (excluding diaryl/α,β-unsaturated/α-hetero) is 1. The van der Waals surface area contributed by atoms with Gasteiger partial charge in [-0.05, 0) is 24.3 Å². The monoisotopic (exact) mass is 305 g/mol. The maximum absolute atomic E-state index is 12.4. The number of ketones is 1. The van der Waals surface area contributed by atoms with Gasteiger partial charge < -0.3 is 0 Å². The number of carbonyl (C=O) groups excluding carboxylic acids is 1. The Kier molecular flexibility index (Phi) is 3.91. The van der Waals surface area contributed by atoms with Crippen LogP contribution in [0.1, 0.15) is 20.2 Å². The molecule has 0 bridgehead atoms. The maximum Gasteiger partial charge on any atom is 0.443 e. The fourth-order valence-electron chi connectivity index (χ4n) is 1.42. The van der Waals surface area contributed by atoms with Gasteiger partial charge in [-0.25, -0.2) is 4.98 Å². The second kappa shape index (κ2) is 5.30. The number of benzene rings is 1. The molecule has 0 radical (unpaired) electrons. The number of nitrogens with zero attached hydrogens (tertiary/aromatic N) is 1. The molecule has 19 heavy (non-hydrogen) atoms. The molecule has 0 aliphatic heterocycles. The van der Waals surface area contributed by atoms with E-state index in [1.807, 2.05) is 0 Å². The molecular formula is C12H7ClF3NOS. The van der Waals surface area contributed by atoms with Crippen LogP contribution in [0.3, 0.4) is 0 Å². The van der Waals surface area contributed by atoms with E-state index in [0.717, 1.165) is 6.20 Å². The fourth-order valence-corrected chi connectivity index (χ4v) is 2.32. The predicted molar refractivity (Wildman–Crippen MR) is 66.6 cm³/mol. The number of alkyl halides is 3. The van der Waals surface area contributed by atoms with Crippen LogP contribution in [0, 0.1) is 0 Å². The van der Waals surface area contributed by atoms with Gasteiger partial charge >= 0.3 is 6.18 Å². The third kappa shape index (κ3) is 3.54. The van der Waals surface area contributed by atoms with Gasteiger partial charge in [-0.1, -0.05) is 11.6 Å². The van der Waals surface area contributed by atoms with Crippen molar-refractivity contribution >= 4 is 28.7 Å². The summed E-state index contributed by atoms with van der Waals surface area (Å²) in [5.74, 6) is -0.269. The van der Waals surface area contributed by atoms with Crippen LogP contribution in [0.2, 0.25) is 5.02 Å². The van der Waals surface area contributed by atoms with Gasteiger partial charge in [0.25, 0.3) is 0 Å². The van der Waals surface area contributed by atoms with E-state index in [9.17, 15) is 18.0 Å². The summed E-state index contributed by atoms with van der Waals surface area (Å²) in [6.07, 6.45) is -3.48. The lowest BCUT2D eigenvalue weighted by atomic mass is 10.1. The largest absolute Gasteiger partial charge is 0.443 e. The summed E-state index contributed by atoms with van der Waals surface area (Å²) in [6.45, 7) is 0. The number of thiazole rings is 1. The highest BCUT2D eigenvalue weighted by Crippen LogP contribution is 2.32. The van der Waals surface area contributed by atoms with Gasteiger partial charge in [-0.15, -0.1) is 11.3 Å². The van der Waals surface area contributed by atoms with Gasteiger partial charge in [-0.2, -0.15) is 13.2 Å². The Labute approximate surface area is 115 Å². The van der Waals surface area contributed by atoms with Gasteiger partial charge in [-0.3, -0.25) is 4.79 Å². The number of carbonyl (C=O) groups is 1. The maximum atomic E-state index is 12.4. The minimum absolute atomic E-state index is 0.102. The third-order valence-electron chi connectivity index (χ3n) is 2.30. The average Bonchev–Trinajstić information content (AvgIpc) is 2.78. The molecule has 0 saturated heterocycles. The van der Waals surface area contributed by atoms with Gasteiger partial charge in [0.2, 0.25) is 0 Å². The van der Waals surface area contributed by atoms with Gasteiger partial charge in [0.1, 0.15) is 0 Å². The Morgan fingerprint density at radius 1 is 1.26 bits per heavy atom. The van der Waals surface area contributed by atoms with Crippen molar-refractivity contribution in [2.24, 2.45) is 0 Å². The Morgan fingerprint density at radius 2 is 1.89 bits per heavy atom. The Balaban J connectivity index is 2.11. The summed E-state index contributed by atoms with van der Waals surface area (Å²) in [6, 6.07) is 6.19. The van der Waals surface area contributed by atoms with E-state index < -0.39 is 11.2 Å². The second-order valence-electron chi connectivity index (χ2n) is 3.74. The van der Waals surface area contributed by atoms with E-state index >= 15 is 0 Å². The molecule has 100 valence electrons. The van der Waals surface area contributed by atoms with Crippen molar-refractivity contribution in [1.82, 2.24) is 4.98 Å². The number of hydrogen-bond donors (Lipinski definition) is 0. The van der Waals surface area contributed by atoms with E-state index in [-0.39, 0.29) is 17.1 Å². The summed E-state index contributed by atoms with van der Waals surface area (Å²) in [4.78, 5) is 15.4. The van der Waals surface area contributed by atoms with Crippen LogP contribution in [0.4, 0.5) is 13.2 Å². The number of halogens is 4. The SMILES string of the molecule is O=C(Cc1cnc(C(F)(F)F)s1)c1ccc(Cl)cc1. The fraction of sp³-hybridized carbons (Fsp3) is 0.167. The van der Waals surface area contributed by atoms with Crippen LogP contribution in [0.15, 0.2) is 30.5 Å². The molecule has 0 spiro atoms. The van der Waals surface area contributed by atoms with E-state index in [1.54, 1.807) is 12.1 Å². The molecule has 0 unspecified atom stereocenters. The summed E-state index contributed by atoms with van der Waals surface area (Å²) in [5, 5.41) is -0.444. The van der Waals surface area contributed by atoms with Gasteiger partial charge in [0.15, 0.2) is 10.8 Å². The number of rotatable bonds is 3. The zero-order chi connectivity index (χ0) is 14.0. The summed E-state index contributed by atoms with van der Waals surface area (Å²) >= 11 is 6.17. The van der Waals surface area contributed by atoms with Crippen molar-refractivity contribution < 1.29 is 18.0 Å². The molecule has 1 heterocycles. The van der Waals surface area contributed by atoms with Crippen molar-refractivity contribution in [3.63, 3.8) is 0 Å². The lowest BCUT2D eigenvalue weighted by Gasteiger charge is -2.00. The van der Waals surface area contributed by atoms with Crippen LogP contribution < -0.4 is 0 Å². The molecule has 0 amide bonds. The molecule has 7 heteroatoms. The molecule has 0 atom stereocenters. The number of aromatic nitrogens is 1. The first-order valence-corrected chi connectivity index (χ1v) is 6.36. The highest BCUT2D eigenvalue weighted by molar-refractivity contribution is 7.11. The van der Waals surface area contributed by atoms with E-state index in [1.165, 1.54) is 12.1 Å². The molecule has 2 aromatic rings. The smallest absolute Gasteiger partial charge is 0.294 e. The van der Waals surface area contributed by atoms with Crippen LogP contribution >= 0.6 is 22.9 Å². The van der Waals surface area contributed by atoms with Crippen LogP contribution in [-0.4, -0.2) is 10.8 Å². The van der Waals surface area contributed by atoms with Gasteiger partial charge in [0.05, 0.1) is 0 Å². The topological polar surface area (TPSA) is 30.0 Å². The molecule has 2 nitrogen and oxygen atoms in total. The second-order valence-corrected chi connectivity index (χ2v) is 5.29. The van der Waals surface area contributed by atoms with Crippen LogP contribution in [0.5, 0.6) is 0 Å². The molecule has 0 N–H and O–H groups in total. The zero-order valence-corrected chi connectivity index (χ0v) is 10.9. The first-order valence-electron chi connectivity index (χ1n) is 5.17. The standard InChI is InChI=1S/C12H7ClF3NOS/c13-8-3-1-7(2-4-8)10(18)5-9-6-17-11(19-9)12(14,15)16/h1-4,6H,5H2. The molecule has 0 fully saturated rings. The molecular weight excluding hydrogens is 299 g/mol. The Bertz CT molecular complexity index is 592.